The summed E-state index contributed by atoms with van der Waals surface area (Å²) in [6.45, 7) is 1.81. The molecule has 8 nitrogen and oxygen atoms in total. The molecule has 3 aromatic rings. The molecule has 3 rings (SSSR count). The number of alkyl halides is 2. The quantitative estimate of drug-likeness (QED) is 0.267. The Morgan fingerprint density at radius 3 is 2.45 bits per heavy atom. The van der Waals surface area contributed by atoms with E-state index < -0.39 is 11.8 Å². The molecule has 2 aromatic carbocycles. The molecule has 146 valence electrons. The predicted octanol–water partition coefficient (Wildman–Crippen LogP) is 1.96. The lowest BCUT2D eigenvalue weighted by atomic mass is 10.0. The van der Waals surface area contributed by atoms with Gasteiger partial charge in [-0.2, -0.15) is 29.5 Å². The van der Waals surface area contributed by atoms with Gasteiger partial charge in [-0.05, 0) is 25.1 Å². The number of amidine groups is 1. The molecule has 1 heterocycles. The van der Waals surface area contributed by atoms with Crippen LogP contribution in [0.5, 0.6) is 0 Å². The molecule has 0 amide bonds. The van der Waals surface area contributed by atoms with Crippen LogP contribution < -0.4 is 17.1 Å². The lowest BCUT2D eigenvalue weighted by molar-refractivity contribution is 0.0714. The number of halogens is 2. The molecule has 0 bridgehead atoms. The average molecular weight is 394 g/mol. The van der Waals surface area contributed by atoms with E-state index >= 15 is 0 Å². The zero-order valence-electron chi connectivity index (χ0n) is 15.3. The van der Waals surface area contributed by atoms with Crippen molar-refractivity contribution in [3.8, 4) is 12.1 Å². The van der Waals surface area contributed by atoms with E-state index in [1.165, 1.54) is 22.9 Å². The van der Waals surface area contributed by atoms with Crippen LogP contribution in [0, 0.1) is 29.6 Å². The van der Waals surface area contributed by atoms with Crippen molar-refractivity contribution in [2.24, 2.45) is 16.8 Å². The number of hydrazone groups is 1. The van der Waals surface area contributed by atoms with Crippen molar-refractivity contribution >= 4 is 16.7 Å². The van der Waals surface area contributed by atoms with Gasteiger partial charge in [0.2, 0.25) is 5.84 Å². The molecule has 29 heavy (non-hydrogen) atoms. The first kappa shape index (κ1) is 19.7. The first-order valence-electron chi connectivity index (χ1n) is 8.39. The number of benzene rings is 2. The van der Waals surface area contributed by atoms with E-state index in [2.05, 4.69) is 10.2 Å². The number of aromatic nitrogens is 2. The molecule has 0 aliphatic carbocycles. The SMILES string of the molecule is Cc1nn(Cc2c(C#N)cccc2C#N)c2cc(C(F)(F)/C(=N/N)NN)ccc12. The van der Waals surface area contributed by atoms with Crippen molar-refractivity contribution < 1.29 is 8.78 Å². The molecular formula is C19H16F2N8. The second kappa shape index (κ2) is 7.54. The van der Waals surface area contributed by atoms with Gasteiger partial charge in [0, 0.05) is 16.5 Å². The summed E-state index contributed by atoms with van der Waals surface area (Å²) in [5.74, 6) is 5.67. The third kappa shape index (κ3) is 3.33. The van der Waals surface area contributed by atoms with E-state index in [1.807, 2.05) is 17.6 Å². The Kier molecular flexibility index (Phi) is 5.13. The topological polar surface area (TPSA) is 142 Å². The maximum atomic E-state index is 14.7. The molecule has 0 aliphatic heterocycles. The van der Waals surface area contributed by atoms with Gasteiger partial charge in [-0.25, -0.2) is 5.84 Å². The van der Waals surface area contributed by atoms with E-state index in [0.717, 1.165) is 0 Å². The van der Waals surface area contributed by atoms with E-state index in [4.69, 9.17) is 11.7 Å². The number of hydrogen-bond donors (Lipinski definition) is 3. The van der Waals surface area contributed by atoms with Crippen molar-refractivity contribution in [1.82, 2.24) is 15.2 Å². The van der Waals surface area contributed by atoms with Crippen molar-refractivity contribution in [2.45, 2.75) is 19.4 Å². The minimum absolute atomic E-state index is 0.0684. The normalized spacial score (nSPS) is 11.9. The highest BCUT2D eigenvalue weighted by Gasteiger charge is 2.39. The summed E-state index contributed by atoms with van der Waals surface area (Å²) in [7, 11) is 0. The number of hydrazine groups is 1. The summed E-state index contributed by atoms with van der Waals surface area (Å²) in [6, 6.07) is 12.9. The highest BCUT2D eigenvalue weighted by Crippen LogP contribution is 2.32. The summed E-state index contributed by atoms with van der Waals surface area (Å²) >= 11 is 0. The fraction of sp³-hybridized carbons (Fsp3) is 0.158. The van der Waals surface area contributed by atoms with E-state index in [0.29, 0.717) is 33.3 Å². The number of nitrogens with zero attached hydrogens (tertiary/aromatic N) is 5. The van der Waals surface area contributed by atoms with Gasteiger partial charge in [0.25, 0.3) is 0 Å². The number of nitrogens with one attached hydrogen (secondary N) is 1. The molecule has 0 fully saturated rings. The molecule has 0 saturated carbocycles. The molecule has 0 atom stereocenters. The van der Waals surface area contributed by atoms with Crippen molar-refractivity contribution in [2.75, 3.05) is 0 Å². The Morgan fingerprint density at radius 1 is 1.24 bits per heavy atom. The molecule has 0 radical (unpaired) electrons. The number of fused-ring (bicyclic) bond motifs is 1. The van der Waals surface area contributed by atoms with Gasteiger partial charge >= 0.3 is 5.92 Å². The van der Waals surface area contributed by atoms with Crippen LogP contribution in [-0.4, -0.2) is 15.6 Å². The van der Waals surface area contributed by atoms with Crippen molar-refractivity contribution in [3.05, 3.63) is 64.3 Å². The largest absolute Gasteiger partial charge is 0.332 e. The van der Waals surface area contributed by atoms with Crippen molar-refractivity contribution in [3.63, 3.8) is 0 Å². The Morgan fingerprint density at radius 2 is 1.90 bits per heavy atom. The van der Waals surface area contributed by atoms with E-state index in [1.54, 1.807) is 25.1 Å². The highest BCUT2D eigenvalue weighted by molar-refractivity contribution is 5.91. The molecule has 0 unspecified atom stereocenters. The monoisotopic (exact) mass is 394 g/mol. The summed E-state index contributed by atoms with van der Waals surface area (Å²) in [5, 5.41) is 26.8. The van der Waals surface area contributed by atoms with Crippen LogP contribution in [0.1, 0.15) is 27.9 Å². The van der Waals surface area contributed by atoms with E-state index in [9.17, 15) is 19.3 Å². The molecule has 10 heteroatoms. The smallest absolute Gasteiger partial charge is 0.321 e. The van der Waals surface area contributed by atoms with Crippen LogP contribution >= 0.6 is 0 Å². The Hall–Kier alpha value is -4.02. The number of hydrogen-bond acceptors (Lipinski definition) is 6. The first-order chi connectivity index (χ1) is 13.9. The van der Waals surface area contributed by atoms with E-state index in [-0.39, 0.29) is 12.1 Å². The molecule has 0 spiro atoms. The van der Waals surface area contributed by atoms with Crippen molar-refractivity contribution in [1.29, 1.82) is 10.5 Å². The van der Waals surface area contributed by atoms with Gasteiger partial charge in [-0.1, -0.05) is 18.2 Å². The van der Waals surface area contributed by atoms with Crippen LogP contribution in [0.4, 0.5) is 8.78 Å². The minimum atomic E-state index is -3.55. The first-order valence-corrected chi connectivity index (χ1v) is 8.39. The molecular weight excluding hydrogens is 378 g/mol. The maximum Gasteiger partial charge on any atom is 0.332 e. The Balaban J connectivity index is 2.17. The summed E-state index contributed by atoms with van der Waals surface area (Å²) in [4.78, 5) is 0. The summed E-state index contributed by atoms with van der Waals surface area (Å²) in [6.07, 6.45) is 0. The summed E-state index contributed by atoms with van der Waals surface area (Å²) < 4.78 is 30.8. The standard InChI is InChI=1S/C19H16F2N8/c1-11-15-6-5-14(19(20,21)18(26-24)27-25)7-17(15)29(28-11)10-16-12(8-22)3-2-4-13(16)9-23/h2-7H,10,24-25H2,1H3,(H,26,27). The average Bonchev–Trinajstić information content (AvgIpc) is 3.03. The van der Waals surface area contributed by atoms with Crippen LogP contribution in [0.15, 0.2) is 41.5 Å². The van der Waals surface area contributed by atoms with Gasteiger partial charge < -0.3 is 11.3 Å². The van der Waals surface area contributed by atoms with Crippen LogP contribution in [0.2, 0.25) is 0 Å². The maximum absolute atomic E-state index is 14.7. The lowest BCUT2D eigenvalue weighted by Gasteiger charge is -2.18. The summed E-state index contributed by atoms with van der Waals surface area (Å²) in [5.41, 5.74) is 3.54. The number of nitriles is 2. The zero-order chi connectivity index (χ0) is 21.2. The van der Waals surface area contributed by atoms with Gasteiger partial charge in [0.1, 0.15) is 0 Å². The highest BCUT2D eigenvalue weighted by atomic mass is 19.3. The predicted molar refractivity (Wildman–Crippen MR) is 102 cm³/mol. The molecule has 1 aromatic heterocycles. The number of rotatable bonds is 4. The van der Waals surface area contributed by atoms with Gasteiger partial charge in [-0.3, -0.25) is 4.68 Å². The van der Waals surface area contributed by atoms with Crippen LogP contribution in [0.3, 0.4) is 0 Å². The Bertz CT molecular complexity index is 1170. The molecule has 0 saturated heterocycles. The second-order valence-electron chi connectivity index (χ2n) is 6.23. The zero-order valence-corrected chi connectivity index (χ0v) is 15.3. The second-order valence-corrected chi connectivity index (χ2v) is 6.23. The lowest BCUT2D eigenvalue weighted by Crippen LogP contribution is -2.43. The number of nitrogens with two attached hydrogens (primary N) is 2. The fourth-order valence-corrected chi connectivity index (χ4v) is 3.12. The van der Waals surface area contributed by atoms with Gasteiger partial charge in [0.15, 0.2) is 0 Å². The minimum Gasteiger partial charge on any atom is -0.321 e. The molecule has 0 aliphatic rings. The third-order valence-corrected chi connectivity index (χ3v) is 4.59. The Labute approximate surface area is 164 Å². The van der Waals surface area contributed by atoms with Gasteiger partial charge in [0.05, 0.1) is 41.0 Å². The number of aryl methyl sites for hydroxylation is 1. The molecule has 5 N–H and O–H groups in total. The third-order valence-electron chi connectivity index (χ3n) is 4.59. The van der Waals surface area contributed by atoms with Gasteiger partial charge in [-0.15, -0.1) is 0 Å². The van der Waals surface area contributed by atoms with Crippen LogP contribution in [0.25, 0.3) is 10.9 Å². The van der Waals surface area contributed by atoms with Crippen LogP contribution in [-0.2, 0) is 12.5 Å². The fourth-order valence-electron chi connectivity index (χ4n) is 3.12.